The molecule has 1 aliphatic carbocycles. The Balaban J connectivity index is 0.00000235. The summed E-state index contributed by atoms with van der Waals surface area (Å²) >= 11 is 0. The van der Waals surface area contributed by atoms with E-state index < -0.39 is 17.3 Å². The number of hydrogen-bond acceptors (Lipinski definition) is 7. The summed E-state index contributed by atoms with van der Waals surface area (Å²) in [6.45, 7) is 1.95. The number of hydrogen-bond donors (Lipinski definition) is 2. The third-order valence-electron chi connectivity index (χ3n) is 8.11. The van der Waals surface area contributed by atoms with E-state index in [-0.39, 0.29) is 74.3 Å². The van der Waals surface area contributed by atoms with E-state index in [9.17, 15) is 23.1 Å². The van der Waals surface area contributed by atoms with Crippen LogP contribution in [-0.4, -0.2) is 82.0 Å². The average molecular weight is 697 g/mol. The zero-order valence-electron chi connectivity index (χ0n) is 24.7. The van der Waals surface area contributed by atoms with Gasteiger partial charge in [0, 0.05) is 57.0 Å². The van der Waals surface area contributed by atoms with E-state index in [1.165, 1.54) is 6.07 Å². The van der Waals surface area contributed by atoms with E-state index in [0.29, 0.717) is 43.9 Å². The van der Waals surface area contributed by atoms with Crippen molar-refractivity contribution in [2.24, 2.45) is 0 Å². The number of halogens is 6. The number of rotatable bonds is 9. The molecular formula is C30H39Cl3F3N5O4. The lowest BCUT2D eigenvalue weighted by molar-refractivity contribution is -0.137. The van der Waals surface area contributed by atoms with Gasteiger partial charge in [-0.05, 0) is 18.9 Å². The number of pyridine rings is 1. The molecule has 0 bridgehead atoms. The smallest absolute Gasteiger partial charge is 0.417 e. The highest BCUT2D eigenvalue weighted by molar-refractivity contribution is 5.98. The number of benzene rings is 1. The second-order valence-electron chi connectivity index (χ2n) is 10.9. The SMILES string of the molecule is COC[C@]1(O)CCCC[C@H]1n1cnc(C(=O)N2CCNC[C@H]2CCOc2ccc(C(F)(F)F)cn2)c1-c1ccccc1.Cl.Cl.Cl. The van der Waals surface area contributed by atoms with Gasteiger partial charge in [0.05, 0.1) is 36.8 Å². The van der Waals surface area contributed by atoms with Gasteiger partial charge in [-0.2, -0.15) is 13.2 Å². The molecule has 1 aromatic carbocycles. The third-order valence-corrected chi connectivity index (χ3v) is 8.11. The maximum atomic E-state index is 14.1. The van der Waals surface area contributed by atoms with E-state index >= 15 is 0 Å². The average Bonchev–Trinajstić information content (AvgIpc) is 3.42. The molecule has 250 valence electrons. The molecular weight excluding hydrogens is 658 g/mol. The number of carbonyl (C=O) groups is 1. The van der Waals surface area contributed by atoms with Crippen molar-refractivity contribution in [1.82, 2.24) is 24.8 Å². The fourth-order valence-electron chi connectivity index (χ4n) is 6.01. The molecule has 0 unspecified atom stereocenters. The largest absolute Gasteiger partial charge is 0.478 e. The van der Waals surface area contributed by atoms with Gasteiger partial charge in [0.15, 0.2) is 5.69 Å². The van der Waals surface area contributed by atoms with E-state index in [1.54, 1.807) is 18.3 Å². The number of carbonyl (C=O) groups excluding carboxylic acids is 1. The molecule has 1 saturated heterocycles. The third kappa shape index (κ3) is 8.81. The number of nitrogens with zero attached hydrogens (tertiary/aromatic N) is 4. The minimum Gasteiger partial charge on any atom is -0.478 e. The molecule has 2 aromatic heterocycles. The molecule has 2 aliphatic rings. The van der Waals surface area contributed by atoms with E-state index in [4.69, 9.17) is 9.47 Å². The lowest BCUT2D eigenvalue weighted by Crippen LogP contribution is -2.54. The first-order valence-corrected chi connectivity index (χ1v) is 14.2. The van der Waals surface area contributed by atoms with Crippen LogP contribution in [0, 0.1) is 0 Å². The Hall–Kier alpha value is -2.61. The van der Waals surface area contributed by atoms with Gasteiger partial charge in [0.1, 0.15) is 5.60 Å². The number of imidazole rings is 1. The quantitative estimate of drug-likeness (QED) is 0.300. The predicted molar refractivity (Wildman–Crippen MR) is 171 cm³/mol. The predicted octanol–water partition coefficient (Wildman–Crippen LogP) is 5.61. The maximum Gasteiger partial charge on any atom is 0.417 e. The Morgan fingerprint density at radius 2 is 1.87 bits per heavy atom. The van der Waals surface area contributed by atoms with Crippen molar-refractivity contribution in [1.29, 1.82) is 0 Å². The van der Waals surface area contributed by atoms with Gasteiger partial charge in [-0.1, -0.05) is 43.2 Å². The normalized spacial score (nSPS) is 21.6. The van der Waals surface area contributed by atoms with Crippen LogP contribution in [0.4, 0.5) is 13.2 Å². The topological polar surface area (TPSA) is 102 Å². The van der Waals surface area contributed by atoms with Crippen molar-refractivity contribution in [3.8, 4) is 17.1 Å². The highest BCUT2D eigenvalue weighted by Gasteiger charge is 2.42. The van der Waals surface area contributed by atoms with Gasteiger partial charge in [-0.25, -0.2) is 9.97 Å². The lowest BCUT2D eigenvalue weighted by atomic mass is 9.80. The molecule has 3 aromatic rings. The van der Waals surface area contributed by atoms with Crippen LogP contribution in [0.25, 0.3) is 11.3 Å². The molecule has 1 aliphatic heterocycles. The monoisotopic (exact) mass is 695 g/mol. The molecule has 9 nitrogen and oxygen atoms in total. The molecule has 5 rings (SSSR count). The standard InChI is InChI=1S/C30H36F3N5O4.3ClH/c1-41-19-29(40)13-6-5-9-24(29)38-20-36-26(27(38)21-7-3-2-4-8-21)28(39)37-15-14-34-18-23(37)12-16-42-25-11-10-22(17-35-25)30(31,32)33;;;/h2-4,7-8,10-11,17,20,23-24,34,40H,5-6,9,12-16,18-19H2,1H3;3*1H/t23-,24-,29-;;;/m1.../s1. The number of amides is 1. The van der Waals surface area contributed by atoms with Crippen molar-refractivity contribution in [2.45, 2.75) is 56.0 Å². The minimum absolute atomic E-state index is 0. The van der Waals surface area contributed by atoms with E-state index in [1.807, 2.05) is 34.9 Å². The van der Waals surface area contributed by atoms with Gasteiger partial charge in [-0.3, -0.25) is 4.79 Å². The van der Waals surface area contributed by atoms with Crippen LogP contribution in [0.5, 0.6) is 5.88 Å². The Kier molecular flexibility index (Phi) is 14.4. The molecule has 3 heterocycles. The number of nitrogens with one attached hydrogen (secondary N) is 1. The fraction of sp³-hybridized carbons (Fsp3) is 0.500. The Bertz CT molecular complexity index is 1350. The Labute approximate surface area is 279 Å². The Morgan fingerprint density at radius 3 is 2.53 bits per heavy atom. The van der Waals surface area contributed by atoms with Gasteiger partial charge in [-0.15, -0.1) is 37.2 Å². The zero-order chi connectivity index (χ0) is 29.7. The number of piperazine rings is 1. The van der Waals surface area contributed by atoms with E-state index in [2.05, 4.69) is 15.3 Å². The summed E-state index contributed by atoms with van der Waals surface area (Å²) in [7, 11) is 1.58. The molecule has 15 heteroatoms. The lowest BCUT2D eigenvalue weighted by Gasteiger charge is -2.41. The highest BCUT2D eigenvalue weighted by atomic mass is 35.5. The van der Waals surface area contributed by atoms with Crippen LogP contribution in [0.3, 0.4) is 0 Å². The van der Waals surface area contributed by atoms with Crippen molar-refractivity contribution >= 4 is 43.1 Å². The van der Waals surface area contributed by atoms with Crippen LogP contribution >= 0.6 is 37.2 Å². The minimum atomic E-state index is -4.47. The van der Waals surface area contributed by atoms with Crippen LogP contribution in [-0.2, 0) is 10.9 Å². The molecule has 45 heavy (non-hydrogen) atoms. The number of aromatic nitrogens is 3. The molecule has 0 spiro atoms. The number of alkyl halides is 3. The number of ether oxygens (including phenoxy) is 2. The van der Waals surface area contributed by atoms with E-state index in [0.717, 1.165) is 37.1 Å². The van der Waals surface area contributed by atoms with Gasteiger partial charge >= 0.3 is 6.18 Å². The Morgan fingerprint density at radius 1 is 1.11 bits per heavy atom. The summed E-state index contributed by atoms with van der Waals surface area (Å²) in [6, 6.07) is 11.2. The van der Waals surface area contributed by atoms with Gasteiger partial charge in [0.2, 0.25) is 5.88 Å². The van der Waals surface area contributed by atoms with Crippen molar-refractivity contribution in [3.63, 3.8) is 0 Å². The van der Waals surface area contributed by atoms with Crippen molar-refractivity contribution in [3.05, 3.63) is 66.2 Å². The second kappa shape index (κ2) is 16.8. The summed E-state index contributed by atoms with van der Waals surface area (Å²) in [5.41, 5.74) is -0.135. The summed E-state index contributed by atoms with van der Waals surface area (Å²) < 4.78 is 51.5. The van der Waals surface area contributed by atoms with Crippen molar-refractivity contribution < 1.29 is 32.5 Å². The highest BCUT2D eigenvalue weighted by Crippen LogP contribution is 2.41. The summed E-state index contributed by atoms with van der Waals surface area (Å²) in [5, 5.41) is 14.9. The maximum absolute atomic E-state index is 14.1. The van der Waals surface area contributed by atoms with Crippen LogP contribution in [0.2, 0.25) is 0 Å². The first-order chi connectivity index (χ1) is 20.2. The zero-order valence-corrected chi connectivity index (χ0v) is 27.2. The summed E-state index contributed by atoms with van der Waals surface area (Å²) in [5.74, 6) is -0.136. The van der Waals surface area contributed by atoms with Crippen molar-refractivity contribution in [2.75, 3.05) is 40.0 Å². The number of aliphatic hydroxyl groups is 1. The van der Waals surface area contributed by atoms with Gasteiger partial charge in [0.25, 0.3) is 5.91 Å². The van der Waals surface area contributed by atoms with Gasteiger partial charge < -0.3 is 29.4 Å². The number of methoxy groups -OCH3 is 1. The van der Waals surface area contributed by atoms with Crippen LogP contribution < -0.4 is 10.1 Å². The summed E-state index contributed by atoms with van der Waals surface area (Å²) in [6.07, 6.45) is 1.54. The van der Waals surface area contributed by atoms with Crippen LogP contribution in [0.15, 0.2) is 55.0 Å². The molecule has 0 radical (unpaired) electrons. The molecule has 1 saturated carbocycles. The second-order valence-corrected chi connectivity index (χ2v) is 10.9. The summed E-state index contributed by atoms with van der Waals surface area (Å²) in [4.78, 5) is 24.3. The first kappa shape index (κ1) is 38.6. The van der Waals surface area contributed by atoms with Crippen LogP contribution in [0.1, 0.15) is 54.2 Å². The fourth-order valence-corrected chi connectivity index (χ4v) is 6.01. The molecule has 3 atom stereocenters. The molecule has 2 N–H and O–H groups in total. The molecule has 2 fully saturated rings. The molecule has 1 amide bonds. The first-order valence-electron chi connectivity index (χ1n) is 14.2.